The molecular weight excluding hydrogens is 472 g/mol. The van der Waals surface area contributed by atoms with Gasteiger partial charge in [-0.3, -0.25) is 19.3 Å². The maximum atomic E-state index is 12.7. The molecule has 1 aliphatic heterocycles. The number of primary amides is 1. The predicted molar refractivity (Wildman–Crippen MR) is 135 cm³/mol. The topological polar surface area (TPSA) is 89.7 Å². The molecule has 2 aromatic rings. The molecular formula is C26H33ClN2O4S. The van der Waals surface area contributed by atoms with Gasteiger partial charge in [0.05, 0.1) is 5.56 Å². The Balaban J connectivity index is 1.57. The first-order valence-electron chi connectivity index (χ1n) is 11.7. The van der Waals surface area contributed by atoms with Crippen molar-refractivity contribution in [3.8, 4) is 0 Å². The third-order valence-electron chi connectivity index (χ3n) is 5.65. The number of nitrogens with zero attached hydrogens (tertiary/aromatic N) is 1. The molecule has 8 heteroatoms. The highest BCUT2D eigenvalue weighted by Crippen LogP contribution is 2.34. The Hall–Kier alpha value is -2.22. The van der Waals surface area contributed by atoms with Gasteiger partial charge in [0.2, 0.25) is 5.91 Å². The summed E-state index contributed by atoms with van der Waals surface area (Å²) in [4.78, 5) is 41.0. The van der Waals surface area contributed by atoms with Crippen LogP contribution in [0.2, 0.25) is 5.02 Å². The average Bonchev–Trinajstić information content (AvgIpc) is 3.08. The van der Waals surface area contributed by atoms with E-state index in [4.69, 9.17) is 22.1 Å². The Bertz CT molecular complexity index is 1040. The van der Waals surface area contributed by atoms with E-state index in [1.807, 2.05) is 32.9 Å². The van der Waals surface area contributed by atoms with Crippen LogP contribution in [0.25, 0.3) is 0 Å². The van der Waals surface area contributed by atoms with Gasteiger partial charge < -0.3 is 10.5 Å². The fourth-order valence-electron chi connectivity index (χ4n) is 4.18. The maximum Gasteiger partial charge on any atom is 0.306 e. The van der Waals surface area contributed by atoms with Crippen molar-refractivity contribution >= 4 is 40.6 Å². The molecule has 34 heavy (non-hydrogen) atoms. The number of carbonyl (C=O) groups excluding carboxylic acids is 3. The minimum absolute atomic E-state index is 0.0439. The SMILES string of the molecule is CC(C)(C)OC(=O)CCCCN1CCc2c(sc(CC(=O)Cc3ccc(Cl)cc3)c2C(N)=O)C1. The molecule has 1 aromatic heterocycles. The minimum atomic E-state index is -0.461. The lowest BCUT2D eigenvalue weighted by molar-refractivity contribution is -0.154. The summed E-state index contributed by atoms with van der Waals surface area (Å²) in [5, 5.41) is 0.632. The number of fused-ring (bicyclic) bond motifs is 1. The van der Waals surface area contributed by atoms with Crippen molar-refractivity contribution in [2.75, 3.05) is 13.1 Å². The molecule has 0 aliphatic carbocycles. The third-order valence-corrected chi connectivity index (χ3v) is 7.12. The zero-order valence-electron chi connectivity index (χ0n) is 20.1. The maximum absolute atomic E-state index is 12.7. The monoisotopic (exact) mass is 504 g/mol. The number of ketones is 1. The highest BCUT2D eigenvalue weighted by molar-refractivity contribution is 7.12. The molecule has 0 radical (unpaired) electrons. The highest BCUT2D eigenvalue weighted by Gasteiger charge is 2.27. The first-order valence-corrected chi connectivity index (χ1v) is 12.8. The molecule has 3 rings (SSSR count). The summed E-state index contributed by atoms with van der Waals surface area (Å²) in [7, 11) is 0. The first kappa shape index (κ1) is 26.4. The third kappa shape index (κ3) is 7.65. The second-order valence-corrected chi connectivity index (χ2v) is 11.4. The fraction of sp³-hybridized carbons (Fsp3) is 0.500. The number of Topliss-reactive ketones (excluding diaryl/α,β-unsaturated/α-hetero) is 1. The molecule has 0 atom stereocenters. The lowest BCUT2D eigenvalue weighted by Crippen LogP contribution is -2.31. The number of rotatable bonds is 10. The van der Waals surface area contributed by atoms with E-state index in [2.05, 4.69) is 4.90 Å². The lowest BCUT2D eigenvalue weighted by atomic mass is 9.98. The van der Waals surface area contributed by atoms with Crippen LogP contribution < -0.4 is 5.73 Å². The van der Waals surface area contributed by atoms with Gasteiger partial charge in [-0.25, -0.2) is 0 Å². The standard InChI is InChI=1S/C26H33ClN2O4S/c1-26(2,3)33-23(31)6-4-5-12-29-13-11-20-22(16-29)34-21(24(20)25(28)32)15-19(30)14-17-7-9-18(27)10-8-17/h7-10H,4-6,11-16H2,1-3H3,(H2,28,32). The largest absolute Gasteiger partial charge is 0.460 e. The van der Waals surface area contributed by atoms with Gasteiger partial charge in [-0.2, -0.15) is 0 Å². The number of unbranched alkanes of at least 4 members (excludes halogenated alkanes) is 1. The van der Waals surface area contributed by atoms with Crippen LogP contribution in [-0.2, 0) is 40.1 Å². The molecule has 6 nitrogen and oxygen atoms in total. The molecule has 0 saturated carbocycles. The predicted octanol–water partition coefficient (Wildman–Crippen LogP) is 4.72. The summed E-state index contributed by atoms with van der Waals surface area (Å²) >= 11 is 7.45. The van der Waals surface area contributed by atoms with Crippen molar-refractivity contribution in [2.45, 2.75) is 71.4 Å². The van der Waals surface area contributed by atoms with Crippen LogP contribution in [0.15, 0.2) is 24.3 Å². The molecule has 0 bridgehead atoms. The minimum Gasteiger partial charge on any atom is -0.460 e. The van der Waals surface area contributed by atoms with E-state index in [0.717, 1.165) is 59.8 Å². The summed E-state index contributed by atoms with van der Waals surface area (Å²) in [6.07, 6.45) is 3.33. The molecule has 1 aliphatic rings. The van der Waals surface area contributed by atoms with Crippen molar-refractivity contribution in [2.24, 2.45) is 5.73 Å². The van der Waals surface area contributed by atoms with Gasteiger partial charge in [0.15, 0.2) is 0 Å². The summed E-state index contributed by atoms with van der Waals surface area (Å²) in [5.41, 5.74) is 7.69. The van der Waals surface area contributed by atoms with Crippen LogP contribution in [0.5, 0.6) is 0 Å². The zero-order valence-corrected chi connectivity index (χ0v) is 21.7. The quantitative estimate of drug-likeness (QED) is 0.373. The molecule has 1 aromatic carbocycles. The number of hydrogen-bond acceptors (Lipinski definition) is 6. The fourth-order valence-corrected chi connectivity index (χ4v) is 5.74. The van der Waals surface area contributed by atoms with Crippen molar-refractivity contribution in [3.05, 3.63) is 55.7 Å². The molecule has 1 amide bonds. The molecule has 0 fully saturated rings. The van der Waals surface area contributed by atoms with Gasteiger partial charge >= 0.3 is 5.97 Å². The van der Waals surface area contributed by atoms with Crippen LogP contribution in [0, 0.1) is 0 Å². The molecule has 0 saturated heterocycles. The second-order valence-electron chi connectivity index (χ2n) is 9.75. The van der Waals surface area contributed by atoms with Gasteiger partial charge in [0.25, 0.3) is 0 Å². The van der Waals surface area contributed by atoms with Gasteiger partial charge in [0.1, 0.15) is 11.4 Å². The average molecular weight is 505 g/mol. The highest BCUT2D eigenvalue weighted by atomic mass is 35.5. The normalized spacial score (nSPS) is 14.0. The van der Waals surface area contributed by atoms with Gasteiger partial charge in [-0.05, 0) is 69.8 Å². The van der Waals surface area contributed by atoms with Crippen molar-refractivity contribution in [1.29, 1.82) is 0 Å². The summed E-state index contributed by atoms with van der Waals surface area (Å²) in [5.74, 6) is -0.578. The number of carbonyl (C=O) groups is 3. The van der Waals surface area contributed by atoms with E-state index in [-0.39, 0.29) is 18.2 Å². The van der Waals surface area contributed by atoms with E-state index >= 15 is 0 Å². The van der Waals surface area contributed by atoms with E-state index in [0.29, 0.717) is 23.4 Å². The molecule has 0 spiro atoms. The summed E-state index contributed by atoms with van der Waals surface area (Å²) < 4.78 is 5.36. The van der Waals surface area contributed by atoms with E-state index in [9.17, 15) is 14.4 Å². The van der Waals surface area contributed by atoms with Crippen molar-refractivity contribution in [3.63, 3.8) is 0 Å². The van der Waals surface area contributed by atoms with Gasteiger partial charge in [-0.15, -0.1) is 11.3 Å². The van der Waals surface area contributed by atoms with Crippen molar-refractivity contribution < 1.29 is 19.1 Å². The number of amides is 1. The van der Waals surface area contributed by atoms with Crippen LogP contribution in [0.4, 0.5) is 0 Å². The van der Waals surface area contributed by atoms with E-state index in [1.165, 1.54) is 11.3 Å². The lowest BCUT2D eigenvalue weighted by Gasteiger charge is -2.27. The van der Waals surface area contributed by atoms with Gasteiger partial charge in [0, 0.05) is 47.1 Å². The van der Waals surface area contributed by atoms with Crippen LogP contribution in [0.3, 0.4) is 0 Å². The molecule has 2 heterocycles. The number of halogens is 1. The second kappa shape index (κ2) is 11.5. The molecule has 184 valence electrons. The Labute approximate surface area is 210 Å². The number of benzene rings is 1. The number of ether oxygens (including phenoxy) is 1. The smallest absolute Gasteiger partial charge is 0.306 e. The first-order chi connectivity index (χ1) is 16.0. The number of esters is 1. The Kier molecular flexibility index (Phi) is 8.90. The van der Waals surface area contributed by atoms with E-state index < -0.39 is 11.5 Å². The van der Waals surface area contributed by atoms with Crippen LogP contribution in [-0.4, -0.2) is 41.3 Å². The molecule has 2 N–H and O–H groups in total. The number of thiophene rings is 1. The van der Waals surface area contributed by atoms with Gasteiger partial charge in [-0.1, -0.05) is 23.7 Å². The number of hydrogen-bond donors (Lipinski definition) is 1. The Morgan fingerprint density at radius 2 is 1.82 bits per heavy atom. The summed E-state index contributed by atoms with van der Waals surface area (Å²) in [6, 6.07) is 7.22. The zero-order chi connectivity index (χ0) is 24.9. The van der Waals surface area contributed by atoms with Crippen LogP contribution in [0.1, 0.15) is 71.3 Å². The Morgan fingerprint density at radius 3 is 2.47 bits per heavy atom. The van der Waals surface area contributed by atoms with Crippen LogP contribution >= 0.6 is 22.9 Å². The Morgan fingerprint density at radius 1 is 1.12 bits per heavy atom. The van der Waals surface area contributed by atoms with Crippen molar-refractivity contribution in [1.82, 2.24) is 4.90 Å². The number of nitrogens with two attached hydrogens (primary N) is 1. The molecule has 0 unspecified atom stereocenters. The van der Waals surface area contributed by atoms with E-state index in [1.54, 1.807) is 12.1 Å². The summed E-state index contributed by atoms with van der Waals surface area (Å²) in [6.45, 7) is 8.05.